The average Bonchev–Trinajstić information content (AvgIpc) is 2.90. The Balaban J connectivity index is 1.37. The van der Waals surface area contributed by atoms with E-state index in [0.29, 0.717) is 12.8 Å². The van der Waals surface area contributed by atoms with E-state index >= 15 is 0 Å². The van der Waals surface area contributed by atoms with Crippen LogP contribution >= 0.6 is 0 Å². The lowest BCUT2D eigenvalue weighted by Gasteiger charge is -2.32. The largest absolute Gasteiger partial charge is 0.326 e. The van der Waals surface area contributed by atoms with E-state index < -0.39 is 10.0 Å². The Bertz CT molecular complexity index is 968. The van der Waals surface area contributed by atoms with Crippen LogP contribution in [0, 0.1) is 0 Å². The van der Waals surface area contributed by atoms with E-state index in [1.807, 2.05) is 18.2 Å². The number of sulfonamides is 1. The molecule has 1 saturated heterocycles. The Labute approximate surface area is 172 Å². The first-order valence-electron chi connectivity index (χ1n) is 10.2. The number of nitrogens with zero attached hydrogens (tertiary/aromatic N) is 1. The molecule has 0 radical (unpaired) electrons. The summed E-state index contributed by atoms with van der Waals surface area (Å²) in [5.74, 6) is -0.0141. The first-order chi connectivity index (χ1) is 14.0. The number of carbonyl (C=O) groups excluding carboxylic acids is 1. The maximum absolute atomic E-state index is 12.9. The molecule has 1 amide bonds. The van der Waals surface area contributed by atoms with Crippen molar-refractivity contribution in [3.8, 4) is 0 Å². The lowest BCUT2D eigenvalue weighted by atomic mass is 10.1. The number of anilines is 1. The third kappa shape index (κ3) is 5.04. The fourth-order valence-corrected chi connectivity index (χ4v) is 5.41. The molecule has 2 aromatic carbocycles. The van der Waals surface area contributed by atoms with Gasteiger partial charge in [0.25, 0.3) is 0 Å². The van der Waals surface area contributed by atoms with Crippen LogP contribution in [0.3, 0.4) is 0 Å². The first-order valence-corrected chi connectivity index (χ1v) is 11.7. The van der Waals surface area contributed by atoms with Crippen LogP contribution in [0.25, 0.3) is 0 Å². The predicted molar refractivity (Wildman–Crippen MR) is 113 cm³/mol. The second-order valence-corrected chi connectivity index (χ2v) is 9.59. The molecule has 2 aliphatic rings. The number of nitrogens with one attached hydrogen (secondary N) is 2. The van der Waals surface area contributed by atoms with Crippen LogP contribution in [0.1, 0.15) is 36.8 Å². The monoisotopic (exact) mass is 413 g/mol. The number of hydrogen-bond donors (Lipinski definition) is 2. The van der Waals surface area contributed by atoms with Crippen molar-refractivity contribution in [3.63, 3.8) is 0 Å². The van der Waals surface area contributed by atoms with Gasteiger partial charge in [-0.2, -0.15) is 0 Å². The average molecular weight is 414 g/mol. The number of amides is 1. The number of aryl methyl sites for hydroxylation is 1. The summed E-state index contributed by atoms with van der Waals surface area (Å²) in [4.78, 5) is 14.3. The van der Waals surface area contributed by atoms with Crippen LogP contribution in [-0.2, 0) is 27.8 Å². The second kappa shape index (κ2) is 8.65. The maximum atomic E-state index is 12.9. The molecule has 7 heteroatoms. The molecule has 4 rings (SSSR count). The molecule has 2 N–H and O–H groups in total. The Hall–Kier alpha value is -2.22. The quantitative estimate of drug-likeness (QED) is 0.790. The van der Waals surface area contributed by atoms with Crippen molar-refractivity contribution in [2.75, 3.05) is 18.4 Å². The molecule has 29 heavy (non-hydrogen) atoms. The van der Waals surface area contributed by atoms with Gasteiger partial charge in [0.2, 0.25) is 15.9 Å². The molecule has 0 saturated carbocycles. The highest BCUT2D eigenvalue weighted by Crippen LogP contribution is 2.26. The predicted octanol–water partition coefficient (Wildman–Crippen LogP) is 2.90. The highest BCUT2D eigenvalue weighted by Gasteiger charge is 2.25. The van der Waals surface area contributed by atoms with E-state index in [2.05, 4.69) is 27.1 Å². The van der Waals surface area contributed by atoms with E-state index in [4.69, 9.17) is 0 Å². The van der Waals surface area contributed by atoms with Crippen LogP contribution in [-0.4, -0.2) is 38.4 Å². The number of piperidine rings is 1. The number of rotatable bonds is 5. The van der Waals surface area contributed by atoms with E-state index in [0.717, 1.165) is 50.1 Å². The Morgan fingerprint density at radius 1 is 1.03 bits per heavy atom. The molecular weight excluding hydrogens is 386 g/mol. The topological polar surface area (TPSA) is 78.5 Å². The number of hydrogen-bond acceptors (Lipinski definition) is 4. The Morgan fingerprint density at radius 2 is 1.79 bits per heavy atom. The van der Waals surface area contributed by atoms with Gasteiger partial charge in [0.05, 0.1) is 4.90 Å². The van der Waals surface area contributed by atoms with Crippen molar-refractivity contribution in [2.45, 2.75) is 49.6 Å². The summed E-state index contributed by atoms with van der Waals surface area (Å²) >= 11 is 0. The lowest BCUT2D eigenvalue weighted by molar-refractivity contribution is -0.116. The smallest absolute Gasteiger partial charge is 0.240 e. The van der Waals surface area contributed by atoms with Crippen molar-refractivity contribution in [3.05, 3.63) is 59.7 Å². The van der Waals surface area contributed by atoms with Crippen molar-refractivity contribution < 1.29 is 13.2 Å². The van der Waals surface area contributed by atoms with Crippen LogP contribution in [0.5, 0.6) is 0 Å². The molecule has 0 unspecified atom stereocenters. The summed E-state index contributed by atoms with van der Waals surface area (Å²) in [7, 11) is -3.58. The normalized spacial score (nSPS) is 18.7. The molecule has 0 aliphatic carbocycles. The van der Waals surface area contributed by atoms with Crippen molar-refractivity contribution in [2.24, 2.45) is 0 Å². The minimum absolute atomic E-state index is 0.0141. The van der Waals surface area contributed by atoms with Gasteiger partial charge in [0.15, 0.2) is 0 Å². The standard InChI is InChI=1S/C22H27N3O3S/c26-22-8-4-7-18-15-20(9-10-21(18)23-22)29(27,28)24-19-11-13-25(14-12-19)16-17-5-2-1-3-6-17/h1-3,5-6,9-10,15,19,24H,4,7-8,11-14,16H2,(H,23,26). The zero-order valence-electron chi connectivity index (χ0n) is 16.4. The zero-order valence-corrected chi connectivity index (χ0v) is 17.2. The van der Waals surface area contributed by atoms with Gasteiger partial charge in [0, 0.05) is 37.8 Å². The minimum Gasteiger partial charge on any atom is -0.326 e. The fourth-order valence-electron chi connectivity index (χ4n) is 4.06. The molecule has 0 aromatic heterocycles. The van der Waals surface area contributed by atoms with Gasteiger partial charge < -0.3 is 5.32 Å². The van der Waals surface area contributed by atoms with E-state index in [9.17, 15) is 13.2 Å². The molecule has 0 spiro atoms. The highest BCUT2D eigenvalue weighted by molar-refractivity contribution is 7.89. The van der Waals surface area contributed by atoms with Gasteiger partial charge in [-0.05, 0) is 55.0 Å². The summed E-state index contributed by atoms with van der Waals surface area (Å²) in [5, 5.41) is 2.85. The van der Waals surface area contributed by atoms with Gasteiger partial charge in [-0.3, -0.25) is 9.69 Å². The molecule has 0 bridgehead atoms. The van der Waals surface area contributed by atoms with E-state index in [1.165, 1.54) is 5.56 Å². The minimum atomic E-state index is -3.58. The summed E-state index contributed by atoms with van der Waals surface area (Å²) in [6.45, 7) is 2.65. The maximum Gasteiger partial charge on any atom is 0.240 e. The second-order valence-electron chi connectivity index (χ2n) is 7.88. The first kappa shape index (κ1) is 20.1. The lowest BCUT2D eigenvalue weighted by Crippen LogP contribution is -2.44. The summed E-state index contributed by atoms with van der Waals surface area (Å²) < 4.78 is 28.7. The molecule has 2 heterocycles. The van der Waals surface area contributed by atoms with Gasteiger partial charge in [-0.1, -0.05) is 30.3 Å². The third-order valence-electron chi connectivity index (χ3n) is 5.67. The number of benzene rings is 2. The molecule has 2 aromatic rings. The number of likely N-dealkylation sites (tertiary alicyclic amines) is 1. The Morgan fingerprint density at radius 3 is 2.55 bits per heavy atom. The fraction of sp³-hybridized carbons (Fsp3) is 0.409. The SMILES string of the molecule is O=C1CCCc2cc(S(=O)(=O)NC3CCN(Cc4ccccc4)CC3)ccc2N1. The third-order valence-corrected chi connectivity index (χ3v) is 7.19. The van der Waals surface area contributed by atoms with Crippen molar-refractivity contribution in [1.82, 2.24) is 9.62 Å². The van der Waals surface area contributed by atoms with Crippen LogP contribution < -0.4 is 10.0 Å². The van der Waals surface area contributed by atoms with Crippen LogP contribution in [0.4, 0.5) is 5.69 Å². The van der Waals surface area contributed by atoms with Crippen molar-refractivity contribution >= 4 is 21.6 Å². The van der Waals surface area contributed by atoms with Gasteiger partial charge in [0.1, 0.15) is 0 Å². The van der Waals surface area contributed by atoms with Crippen molar-refractivity contribution in [1.29, 1.82) is 0 Å². The highest BCUT2D eigenvalue weighted by atomic mass is 32.2. The zero-order chi connectivity index (χ0) is 20.3. The molecule has 154 valence electrons. The number of carbonyl (C=O) groups is 1. The summed E-state index contributed by atoms with van der Waals surface area (Å²) in [5.41, 5.74) is 2.89. The van der Waals surface area contributed by atoms with E-state index in [-0.39, 0.29) is 16.8 Å². The van der Waals surface area contributed by atoms with Gasteiger partial charge >= 0.3 is 0 Å². The summed E-state index contributed by atoms with van der Waals surface area (Å²) in [6.07, 6.45) is 3.50. The molecule has 1 fully saturated rings. The van der Waals surface area contributed by atoms with Gasteiger partial charge in [-0.25, -0.2) is 13.1 Å². The van der Waals surface area contributed by atoms with Crippen LogP contribution in [0.15, 0.2) is 53.4 Å². The molecule has 2 aliphatic heterocycles. The summed E-state index contributed by atoms with van der Waals surface area (Å²) in [6, 6.07) is 15.3. The Kier molecular flexibility index (Phi) is 5.99. The molecular formula is C22H27N3O3S. The molecule has 6 nitrogen and oxygen atoms in total. The van der Waals surface area contributed by atoms with Gasteiger partial charge in [-0.15, -0.1) is 0 Å². The molecule has 0 atom stereocenters. The van der Waals surface area contributed by atoms with Crippen LogP contribution in [0.2, 0.25) is 0 Å². The van der Waals surface area contributed by atoms with E-state index in [1.54, 1.807) is 18.2 Å². The number of fused-ring (bicyclic) bond motifs is 1.